The molecule has 1 aliphatic rings. The van der Waals surface area contributed by atoms with Crippen LogP contribution in [0.4, 0.5) is 5.00 Å². The van der Waals surface area contributed by atoms with Gasteiger partial charge in [-0.05, 0) is 54.4 Å². The van der Waals surface area contributed by atoms with Crippen LogP contribution in [0.1, 0.15) is 43.2 Å². The number of halogens is 2. The molecule has 1 N–H and O–H groups in total. The monoisotopic (exact) mass is 436 g/mol. The van der Waals surface area contributed by atoms with Crippen LogP contribution in [0, 0.1) is 22.7 Å². The zero-order chi connectivity index (χ0) is 20.5. The Labute approximate surface area is 179 Å². The largest absolute Gasteiger partial charge is 0.482 e. The van der Waals surface area contributed by atoms with E-state index in [1.54, 1.807) is 18.2 Å². The molecule has 148 valence electrons. The van der Waals surface area contributed by atoms with Crippen molar-refractivity contribution in [3.8, 4) is 11.8 Å². The first-order valence-electron chi connectivity index (χ1n) is 9.11. The summed E-state index contributed by atoms with van der Waals surface area (Å²) in [4.78, 5) is 13.6. The van der Waals surface area contributed by atoms with Crippen LogP contribution in [0.3, 0.4) is 0 Å². The third kappa shape index (κ3) is 4.63. The first-order valence-corrected chi connectivity index (χ1v) is 10.7. The van der Waals surface area contributed by atoms with Gasteiger partial charge in [-0.25, -0.2) is 0 Å². The van der Waals surface area contributed by atoms with Gasteiger partial charge in [0.2, 0.25) is 0 Å². The van der Waals surface area contributed by atoms with E-state index in [0.29, 0.717) is 32.3 Å². The van der Waals surface area contributed by atoms with Crippen LogP contribution >= 0.6 is 34.5 Å². The molecule has 3 rings (SSSR count). The van der Waals surface area contributed by atoms with E-state index >= 15 is 0 Å². The molecule has 1 aromatic carbocycles. The number of amides is 1. The van der Waals surface area contributed by atoms with Crippen molar-refractivity contribution in [2.24, 2.45) is 11.3 Å². The summed E-state index contributed by atoms with van der Waals surface area (Å²) >= 11 is 13.4. The molecular weight excluding hydrogens is 415 g/mol. The smallest absolute Gasteiger partial charge is 0.262 e. The molecule has 0 spiro atoms. The number of nitriles is 1. The molecule has 2 aromatic rings. The second-order valence-electron chi connectivity index (χ2n) is 8.04. The fraction of sp³-hybridized carbons (Fsp3) is 0.429. The minimum absolute atomic E-state index is 0.195. The Kier molecular flexibility index (Phi) is 6.24. The van der Waals surface area contributed by atoms with Crippen molar-refractivity contribution < 1.29 is 9.53 Å². The summed E-state index contributed by atoms with van der Waals surface area (Å²) in [6.45, 7) is 6.57. The van der Waals surface area contributed by atoms with Crippen LogP contribution < -0.4 is 10.1 Å². The van der Waals surface area contributed by atoms with Gasteiger partial charge >= 0.3 is 0 Å². The number of thiophene rings is 1. The first-order chi connectivity index (χ1) is 13.2. The zero-order valence-corrected chi connectivity index (χ0v) is 18.4. The molecular formula is C21H22Cl2N2O2S. The molecule has 7 heteroatoms. The summed E-state index contributed by atoms with van der Waals surface area (Å²) < 4.78 is 5.48. The van der Waals surface area contributed by atoms with E-state index in [-0.39, 0.29) is 17.9 Å². The van der Waals surface area contributed by atoms with Crippen LogP contribution in [0.25, 0.3) is 0 Å². The predicted octanol–water partition coefficient (Wildman–Crippen LogP) is 6.10. The first kappa shape index (κ1) is 21.0. The Morgan fingerprint density at radius 2 is 2.14 bits per heavy atom. The number of carbonyl (C=O) groups excluding carboxylic acids is 1. The molecule has 0 unspecified atom stereocenters. The molecule has 1 heterocycles. The van der Waals surface area contributed by atoms with Gasteiger partial charge in [0.25, 0.3) is 5.91 Å². The third-order valence-electron chi connectivity index (χ3n) is 5.11. The van der Waals surface area contributed by atoms with Gasteiger partial charge in [-0.2, -0.15) is 5.26 Å². The van der Waals surface area contributed by atoms with Crippen LogP contribution in [0.15, 0.2) is 18.2 Å². The SMILES string of the molecule is CC(C)(C)[C@@H]1CCc2c(sc(NC(=O)COc3ccc(Cl)cc3Cl)c2C#N)C1. The normalized spacial score (nSPS) is 16.2. The number of nitrogens with zero attached hydrogens (tertiary/aromatic N) is 1. The molecule has 0 saturated carbocycles. The highest BCUT2D eigenvalue weighted by molar-refractivity contribution is 7.16. The topological polar surface area (TPSA) is 62.1 Å². The van der Waals surface area contributed by atoms with E-state index < -0.39 is 0 Å². The summed E-state index contributed by atoms with van der Waals surface area (Å²) in [6.07, 6.45) is 2.89. The quantitative estimate of drug-likeness (QED) is 0.629. The van der Waals surface area contributed by atoms with Gasteiger partial charge in [0.1, 0.15) is 16.8 Å². The number of hydrogen-bond donors (Lipinski definition) is 1. The maximum Gasteiger partial charge on any atom is 0.262 e. The number of hydrogen-bond acceptors (Lipinski definition) is 4. The van der Waals surface area contributed by atoms with Crippen molar-refractivity contribution in [2.75, 3.05) is 11.9 Å². The number of carbonyl (C=O) groups is 1. The van der Waals surface area contributed by atoms with Gasteiger partial charge in [0.05, 0.1) is 10.6 Å². The predicted molar refractivity (Wildman–Crippen MR) is 115 cm³/mol. The average Bonchev–Trinajstić information content (AvgIpc) is 2.96. The summed E-state index contributed by atoms with van der Waals surface area (Å²) in [5, 5.41) is 13.9. The third-order valence-corrected chi connectivity index (χ3v) is 6.81. The van der Waals surface area contributed by atoms with Crippen molar-refractivity contribution in [3.63, 3.8) is 0 Å². The van der Waals surface area contributed by atoms with Crippen molar-refractivity contribution in [1.82, 2.24) is 0 Å². The molecule has 1 atom stereocenters. The Morgan fingerprint density at radius 1 is 1.39 bits per heavy atom. The number of fused-ring (bicyclic) bond motifs is 1. The Hall–Kier alpha value is -1.74. The van der Waals surface area contributed by atoms with E-state index in [4.69, 9.17) is 27.9 Å². The lowest BCUT2D eigenvalue weighted by atomic mass is 9.72. The van der Waals surface area contributed by atoms with Gasteiger partial charge < -0.3 is 10.1 Å². The van der Waals surface area contributed by atoms with Crippen molar-refractivity contribution >= 4 is 45.4 Å². The van der Waals surface area contributed by atoms with Gasteiger partial charge in [0, 0.05) is 9.90 Å². The van der Waals surface area contributed by atoms with E-state index in [0.717, 1.165) is 24.8 Å². The Morgan fingerprint density at radius 3 is 2.79 bits per heavy atom. The van der Waals surface area contributed by atoms with Crippen LogP contribution in [-0.2, 0) is 17.6 Å². The molecule has 1 amide bonds. The number of benzene rings is 1. The fourth-order valence-electron chi connectivity index (χ4n) is 3.43. The number of anilines is 1. The minimum atomic E-state index is -0.325. The van der Waals surface area contributed by atoms with Crippen LogP contribution in [0.5, 0.6) is 5.75 Å². The molecule has 0 fully saturated rings. The van der Waals surface area contributed by atoms with E-state index in [1.807, 2.05) is 0 Å². The molecule has 28 heavy (non-hydrogen) atoms. The van der Waals surface area contributed by atoms with Crippen molar-refractivity contribution in [3.05, 3.63) is 44.2 Å². The van der Waals surface area contributed by atoms with Crippen LogP contribution in [0.2, 0.25) is 10.0 Å². The molecule has 0 saturated heterocycles. The lowest BCUT2D eigenvalue weighted by Gasteiger charge is -2.33. The van der Waals surface area contributed by atoms with Gasteiger partial charge in [-0.3, -0.25) is 4.79 Å². The van der Waals surface area contributed by atoms with E-state index in [1.165, 1.54) is 16.2 Å². The molecule has 0 radical (unpaired) electrons. The maximum absolute atomic E-state index is 12.4. The summed E-state index contributed by atoms with van der Waals surface area (Å²) in [5.74, 6) is 0.637. The number of nitrogens with one attached hydrogen (secondary N) is 1. The molecule has 1 aromatic heterocycles. The summed E-state index contributed by atoms with van der Waals surface area (Å²) in [7, 11) is 0. The highest BCUT2D eigenvalue weighted by Gasteiger charge is 2.32. The number of rotatable bonds is 4. The van der Waals surface area contributed by atoms with Crippen LogP contribution in [-0.4, -0.2) is 12.5 Å². The van der Waals surface area contributed by atoms with E-state index in [2.05, 4.69) is 32.2 Å². The van der Waals surface area contributed by atoms with Gasteiger partial charge in [0.15, 0.2) is 6.61 Å². The van der Waals surface area contributed by atoms with Gasteiger partial charge in [-0.1, -0.05) is 44.0 Å². The highest BCUT2D eigenvalue weighted by Crippen LogP contribution is 2.44. The summed E-state index contributed by atoms with van der Waals surface area (Å²) in [6, 6.07) is 7.10. The lowest BCUT2D eigenvalue weighted by molar-refractivity contribution is -0.118. The average molecular weight is 437 g/mol. The zero-order valence-electron chi connectivity index (χ0n) is 16.1. The van der Waals surface area contributed by atoms with Gasteiger partial charge in [-0.15, -0.1) is 11.3 Å². The van der Waals surface area contributed by atoms with Crippen molar-refractivity contribution in [2.45, 2.75) is 40.0 Å². The maximum atomic E-state index is 12.4. The Bertz CT molecular complexity index is 941. The van der Waals surface area contributed by atoms with E-state index in [9.17, 15) is 10.1 Å². The molecule has 0 aliphatic heterocycles. The molecule has 0 bridgehead atoms. The summed E-state index contributed by atoms with van der Waals surface area (Å²) in [5.41, 5.74) is 1.90. The number of ether oxygens (including phenoxy) is 1. The fourth-order valence-corrected chi connectivity index (χ4v) is 5.19. The second kappa shape index (κ2) is 8.32. The minimum Gasteiger partial charge on any atom is -0.482 e. The molecule has 4 nitrogen and oxygen atoms in total. The lowest BCUT2D eigenvalue weighted by Crippen LogP contribution is -2.26. The standard InChI is InChI=1S/C21H22Cl2N2O2S/c1-21(2,3)12-4-6-14-15(10-24)20(28-18(14)8-12)25-19(26)11-27-17-7-5-13(22)9-16(17)23/h5,7,9,12H,4,6,8,11H2,1-3H3,(H,25,26)/t12-/m1/s1. The Balaban J connectivity index is 1.70. The van der Waals surface area contributed by atoms with Crippen molar-refractivity contribution in [1.29, 1.82) is 5.26 Å². The second-order valence-corrected chi connectivity index (χ2v) is 9.99. The molecule has 1 aliphatic carbocycles. The highest BCUT2D eigenvalue weighted by atomic mass is 35.5.